The van der Waals surface area contributed by atoms with Gasteiger partial charge in [0, 0.05) is 5.56 Å². The fourth-order valence-electron chi connectivity index (χ4n) is 1.47. The van der Waals surface area contributed by atoms with Crippen LogP contribution in [0.25, 0.3) is 0 Å². The second kappa shape index (κ2) is 3.98. The van der Waals surface area contributed by atoms with Gasteiger partial charge in [0.05, 0.1) is 12.7 Å². The van der Waals surface area contributed by atoms with E-state index < -0.39 is 0 Å². The summed E-state index contributed by atoms with van der Waals surface area (Å²) in [5, 5.41) is 9.13. The van der Waals surface area contributed by atoms with Gasteiger partial charge in [0.1, 0.15) is 5.75 Å². The summed E-state index contributed by atoms with van der Waals surface area (Å²) in [6.07, 6.45) is 0.899. The van der Waals surface area contributed by atoms with Gasteiger partial charge in [0.25, 0.3) is 0 Å². The van der Waals surface area contributed by atoms with Crippen LogP contribution in [0.5, 0.6) is 5.75 Å². The summed E-state index contributed by atoms with van der Waals surface area (Å²) in [7, 11) is 0. The standard InChI is InChI=1S/C11H14O3/c1-8-6-7-13-11(14-8)9-2-4-10(12)5-3-9/h2-5,8,11-12H,6-7H2,1H3/t8-,11+/m1/s1. The van der Waals surface area contributed by atoms with Crippen LogP contribution in [0.3, 0.4) is 0 Å². The third kappa shape index (κ3) is 2.05. The van der Waals surface area contributed by atoms with Crippen LogP contribution in [-0.4, -0.2) is 17.8 Å². The monoisotopic (exact) mass is 194 g/mol. The highest BCUT2D eigenvalue weighted by molar-refractivity contribution is 5.26. The van der Waals surface area contributed by atoms with Crippen LogP contribution in [-0.2, 0) is 9.47 Å². The number of aromatic hydroxyl groups is 1. The zero-order valence-corrected chi connectivity index (χ0v) is 8.14. The van der Waals surface area contributed by atoms with E-state index in [0.29, 0.717) is 0 Å². The summed E-state index contributed by atoms with van der Waals surface area (Å²) < 4.78 is 11.1. The zero-order valence-electron chi connectivity index (χ0n) is 8.14. The Morgan fingerprint density at radius 2 is 2.00 bits per heavy atom. The molecule has 0 radical (unpaired) electrons. The molecule has 1 heterocycles. The van der Waals surface area contributed by atoms with E-state index in [0.717, 1.165) is 18.6 Å². The first-order chi connectivity index (χ1) is 6.75. The second-order valence-corrected chi connectivity index (χ2v) is 3.53. The largest absolute Gasteiger partial charge is 0.508 e. The van der Waals surface area contributed by atoms with Crippen LogP contribution in [0.2, 0.25) is 0 Å². The fraction of sp³-hybridized carbons (Fsp3) is 0.455. The second-order valence-electron chi connectivity index (χ2n) is 3.53. The zero-order chi connectivity index (χ0) is 9.97. The lowest BCUT2D eigenvalue weighted by molar-refractivity contribution is -0.212. The van der Waals surface area contributed by atoms with E-state index in [1.807, 2.05) is 19.1 Å². The SMILES string of the molecule is C[C@@H]1CCO[C@H](c2ccc(O)cc2)O1. The van der Waals surface area contributed by atoms with Gasteiger partial charge in [-0.1, -0.05) is 12.1 Å². The molecule has 3 nitrogen and oxygen atoms in total. The van der Waals surface area contributed by atoms with Crippen LogP contribution in [0, 0.1) is 0 Å². The highest BCUT2D eigenvalue weighted by Gasteiger charge is 2.20. The summed E-state index contributed by atoms with van der Waals surface area (Å²) in [4.78, 5) is 0. The molecule has 0 aromatic heterocycles. The number of ether oxygens (including phenoxy) is 2. The van der Waals surface area contributed by atoms with Gasteiger partial charge in [-0.25, -0.2) is 0 Å². The molecule has 0 unspecified atom stereocenters. The molecule has 0 aliphatic carbocycles. The lowest BCUT2D eigenvalue weighted by atomic mass is 10.2. The highest BCUT2D eigenvalue weighted by Crippen LogP contribution is 2.26. The molecule has 1 aliphatic heterocycles. The quantitative estimate of drug-likeness (QED) is 0.745. The Bertz CT molecular complexity index is 294. The molecule has 1 aliphatic rings. The summed E-state index contributed by atoms with van der Waals surface area (Å²) in [6, 6.07) is 6.92. The van der Waals surface area contributed by atoms with Crippen molar-refractivity contribution < 1.29 is 14.6 Å². The number of rotatable bonds is 1. The molecule has 2 atom stereocenters. The number of phenols is 1. The average Bonchev–Trinajstić information content (AvgIpc) is 2.19. The van der Waals surface area contributed by atoms with E-state index in [1.54, 1.807) is 12.1 Å². The molecule has 76 valence electrons. The van der Waals surface area contributed by atoms with Crippen molar-refractivity contribution in [2.24, 2.45) is 0 Å². The van der Waals surface area contributed by atoms with Crippen molar-refractivity contribution in [1.82, 2.24) is 0 Å². The topological polar surface area (TPSA) is 38.7 Å². The lowest BCUT2D eigenvalue weighted by Crippen LogP contribution is -2.24. The molecule has 0 saturated carbocycles. The summed E-state index contributed by atoms with van der Waals surface area (Å²) in [5.41, 5.74) is 0.953. The first-order valence-corrected chi connectivity index (χ1v) is 4.82. The normalized spacial score (nSPS) is 27.5. The molecule has 2 rings (SSSR count). The van der Waals surface area contributed by atoms with Gasteiger partial charge in [-0.2, -0.15) is 0 Å². The van der Waals surface area contributed by atoms with E-state index in [-0.39, 0.29) is 18.1 Å². The predicted octanol–water partition coefficient (Wildman–Crippen LogP) is 2.22. The molecular formula is C11H14O3. The van der Waals surface area contributed by atoms with Crippen LogP contribution in [0.15, 0.2) is 24.3 Å². The van der Waals surface area contributed by atoms with Crippen molar-refractivity contribution in [3.63, 3.8) is 0 Å². The van der Waals surface area contributed by atoms with Gasteiger partial charge in [0.2, 0.25) is 0 Å². The Morgan fingerprint density at radius 1 is 1.29 bits per heavy atom. The van der Waals surface area contributed by atoms with E-state index >= 15 is 0 Å². The fourth-order valence-corrected chi connectivity index (χ4v) is 1.47. The molecule has 0 spiro atoms. The Hall–Kier alpha value is -1.06. The van der Waals surface area contributed by atoms with Crippen LogP contribution < -0.4 is 0 Å². The minimum atomic E-state index is -0.278. The van der Waals surface area contributed by atoms with Gasteiger partial charge < -0.3 is 14.6 Å². The molecule has 1 aromatic rings. The van der Waals surface area contributed by atoms with Crippen LogP contribution in [0.4, 0.5) is 0 Å². The average molecular weight is 194 g/mol. The summed E-state index contributed by atoms with van der Waals surface area (Å²) in [5.74, 6) is 0.262. The number of hydrogen-bond donors (Lipinski definition) is 1. The minimum Gasteiger partial charge on any atom is -0.508 e. The van der Waals surface area contributed by atoms with Crippen LogP contribution >= 0.6 is 0 Å². The molecule has 1 aromatic carbocycles. The van der Waals surface area contributed by atoms with Gasteiger partial charge >= 0.3 is 0 Å². The summed E-state index contributed by atoms with van der Waals surface area (Å²) >= 11 is 0. The van der Waals surface area contributed by atoms with E-state index in [1.165, 1.54) is 0 Å². The molecule has 3 heteroatoms. The first kappa shape index (κ1) is 9.49. The van der Waals surface area contributed by atoms with E-state index in [9.17, 15) is 0 Å². The smallest absolute Gasteiger partial charge is 0.184 e. The predicted molar refractivity (Wildman–Crippen MR) is 52.0 cm³/mol. The molecule has 14 heavy (non-hydrogen) atoms. The van der Waals surface area contributed by atoms with Crippen molar-refractivity contribution in [3.05, 3.63) is 29.8 Å². The maximum atomic E-state index is 9.13. The highest BCUT2D eigenvalue weighted by atomic mass is 16.7. The third-order valence-corrected chi connectivity index (χ3v) is 2.31. The Labute approximate surface area is 83.3 Å². The maximum Gasteiger partial charge on any atom is 0.184 e. The Morgan fingerprint density at radius 3 is 2.64 bits per heavy atom. The molecular weight excluding hydrogens is 180 g/mol. The van der Waals surface area contributed by atoms with Crippen molar-refractivity contribution in [2.75, 3.05) is 6.61 Å². The van der Waals surface area contributed by atoms with Crippen molar-refractivity contribution in [1.29, 1.82) is 0 Å². The van der Waals surface area contributed by atoms with Crippen LogP contribution in [0.1, 0.15) is 25.2 Å². The maximum absolute atomic E-state index is 9.13. The molecule has 1 fully saturated rings. The van der Waals surface area contributed by atoms with Crippen molar-refractivity contribution >= 4 is 0 Å². The molecule has 1 saturated heterocycles. The molecule has 1 N–H and O–H groups in total. The van der Waals surface area contributed by atoms with E-state index in [2.05, 4.69) is 0 Å². The number of benzene rings is 1. The first-order valence-electron chi connectivity index (χ1n) is 4.82. The number of hydrogen-bond acceptors (Lipinski definition) is 3. The Kier molecular flexibility index (Phi) is 2.70. The van der Waals surface area contributed by atoms with Crippen molar-refractivity contribution in [3.8, 4) is 5.75 Å². The van der Waals surface area contributed by atoms with Gasteiger partial charge in [-0.05, 0) is 25.5 Å². The third-order valence-electron chi connectivity index (χ3n) is 2.31. The van der Waals surface area contributed by atoms with Gasteiger partial charge in [-0.3, -0.25) is 0 Å². The summed E-state index contributed by atoms with van der Waals surface area (Å²) in [6.45, 7) is 2.77. The van der Waals surface area contributed by atoms with Gasteiger partial charge in [-0.15, -0.1) is 0 Å². The number of phenolic OH excluding ortho intramolecular Hbond substituents is 1. The molecule has 0 bridgehead atoms. The molecule has 0 amide bonds. The Balaban J connectivity index is 2.10. The van der Waals surface area contributed by atoms with E-state index in [4.69, 9.17) is 14.6 Å². The lowest BCUT2D eigenvalue weighted by Gasteiger charge is -2.28. The van der Waals surface area contributed by atoms with Crippen molar-refractivity contribution in [2.45, 2.75) is 25.7 Å². The van der Waals surface area contributed by atoms with Gasteiger partial charge in [0.15, 0.2) is 6.29 Å². The minimum absolute atomic E-state index is 0.238.